The van der Waals surface area contributed by atoms with Crippen LogP contribution < -0.4 is 5.32 Å². The highest BCUT2D eigenvalue weighted by atomic mass is 35.5. The zero-order chi connectivity index (χ0) is 13.9. The van der Waals surface area contributed by atoms with Crippen LogP contribution in [0.5, 0.6) is 0 Å². The second-order valence-corrected chi connectivity index (χ2v) is 5.53. The average molecular weight is 291 g/mol. The fourth-order valence-corrected chi connectivity index (χ4v) is 2.16. The predicted molar refractivity (Wildman–Crippen MR) is 75.7 cm³/mol. The van der Waals surface area contributed by atoms with E-state index in [-0.39, 0.29) is 16.8 Å². The molecule has 0 radical (unpaired) electrons. The van der Waals surface area contributed by atoms with Gasteiger partial charge < -0.3 is 5.32 Å². The number of rotatable bonds is 5. The van der Waals surface area contributed by atoms with Crippen LogP contribution in [0, 0.1) is 16.0 Å². The molecule has 1 rings (SSSR count). The summed E-state index contributed by atoms with van der Waals surface area (Å²) in [4.78, 5) is 10.5. The maximum Gasteiger partial charge on any atom is 0.293 e. The Labute approximate surface area is 116 Å². The van der Waals surface area contributed by atoms with Gasteiger partial charge in [0.2, 0.25) is 0 Å². The lowest BCUT2D eigenvalue weighted by atomic mass is 10.0. The Kier molecular flexibility index (Phi) is 5.23. The molecule has 1 aromatic rings. The van der Waals surface area contributed by atoms with Crippen LogP contribution in [0.15, 0.2) is 12.1 Å². The van der Waals surface area contributed by atoms with E-state index in [9.17, 15) is 10.1 Å². The third-order valence-electron chi connectivity index (χ3n) is 2.46. The van der Waals surface area contributed by atoms with Crippen LogP contribution in [0.25, 0.3) is 0 Å². The first kappa shape index (κ1) is 15.1. The van der Waals surface area contributed by atoms with Gasteiger partial charge in [0, 0.05) is 12.1 Å². The van der Waals surface area contributed by atoms with E-state index in [4.69, 9.17) is 23.2 Å². The normalized spacial score (nSPS) is 12.6. The summed E-state index contributed by atoms with van der Waals surface area (Å²) in [7, 11) is 0. The number of halogens is 2. The highest BCUT2D eigenvalue weighted by molar-refractivity contribution is 6.42. The lowest BCUT2D eigenvalue weighted by molar-refractivity contribution is -0.384. The van der Waals surface area contributed by atoms with Crippen LogP contribution in [0.1, 0.15) is 27.2 Å². The molecule has 1 aromatic carbocycles. The minimum atomic E-state index is -0.466. The van der Waals surface area contributed by atoms with E-state index < -0.39 is 4.92 Å². The van der Waals surface area contributed by atoms with Gasteiger partial charge in [0.25, 0.3) is 5.69 Å². The largest absolute Gasteiger partial charge is 0.377 e. The lowest BCUT2D eigenvalue weighted by Crippen LogP contribution is -2.18. The van der Waals surface area contributed by atoms with Gasteiger partial charge in [-0.3, -0.25) is 10.1 Å². The van der Waals surface area contributed by atoms with E-state index in [0.29, 0.717) is 16.6 Å². The molecule has 1 atom stereocenters. The number of nitro benzene ring substituents is 1. The third kappa shape index (κ3) is 4.03. The van der Waals surface area contributed by atoms with Crippen molar-refractivity contribution in [2.24, 2.45) is 5.92 Å². The van der Waals surface area contributed by atoms with Gasteiger partial charge in [-0.1, -0.05) is 37.0 Å². The van der Waals surface area contributed by atoms with Gasteiger partial charge >= 0.3 is 0 Å². The number of nitrogens with zero attached hydrogens (tertiary/aromatic N) is 1. The fourth-order valence-electron chi connectivity index (χ4n) is 1.83. The fraction of sp³-hybridized carbons (Fsp3) is 0.500. The predicted octanol–water partition coefficient (Wildman–Crippen LogP) is 4.75. The molecule has 0 aromatic heterocycles. The Balaban J connectivity index is 3.00. The number of nitro groups is 1. The molecule has 0 aliphatic rings. The Hall–Kier alpha value is -1.00. The van der Waals surface area contributed by atoms with E-state index in [1.165, 1.54) is 12.1 Å². The number of hydrogen-bond donors (Lipinski definition) is 1. The summed E-state index contributed by atoms with van der Waals surface area (Å²) in [5.74, 6) is 0.509. The molecule has 0 bridgehead atoms. The zero-order valence-electron chi connectivity index (χ0n) is 10.5. The van der Waals surface area contributed by atoms with Gasteiger partial charge in [-0.05, 0) is 25.3 Å². The van der Waals surface area contributed by atoms with Gasteiger partial charge in [-0.2, -0.15) is 0 Å². The van der Waals surface area contributed by atoms with Crippen molar-refractivity contribution in [3.05, 3.63) is 32.3 Å². The first-order valence-corrected chi connectivity index (χ1v) is 6.46. The summed E-state index contributed by atoms with van der Waals surface area (Å²) in [6, 6.07) is 2.90. The molecule has 0 heterocycles. The topological polar surface area (TPSA) is 55.2 Å². The van der Waals surface area contributed by atoms with E-state index >= 15 is 0 Å². The summed E-state index contributed by atoms with van der Waals surface area (Å²) < 4.78 is 0. The Morgan fingerprint density at radius 3 is 2.33 bits per heavy atom. The van der Waals surface area contributed by atoms with E-state index in [1.54, 1.807) is 0 Å². The molecule has 4 nitrogen and oxygen atoms in total. The number of anilines is 1. The minimum absolute atomic E-state index is 0.0555. The Morgan fingerprint density at radius 1 is 1.28 bits per heavy atom. The molecule has 1 unspecified atom stereocenters. The second-order valence-electron chi connectivity index (χ2n) is 4.72. The van der Waals surface area contributed by atoms with Gasteiger partial charge in [-0.15, -0.1) is 0 Å². The number of nitrogens with one attached hydrogen (secondary N) is 1. The van der Waals surface area contributed by atoms with Gasteiger partial charge in [0.05, 0.1) is 15.0 Å². The highest BCUT2D eigenvalue weighted by Gasteiger charge is 2.18. The highest BCUT2D eigenvalue weighted by Crippen LogP contribution is 2.34. The van der Waals surface area contributed by atoms with Crippen molar-refractivity contribution in [3.8, 4) is 0 Å². The van der Waals surface area contributed by atoms with Crippen LogP contribution in [0.4, 0.5) is 11.4 Å². The second kappa shape index (κ2) is 6.25. The standard InChI is InChI=1S/C12H16Cl2N2O2/c1-7(2)4-8(3)15-11-5-9(13)10(14)6-12(11)16(17)18/h5-8,15H,4H2,1-3H3. The van der Waals surface area contributed by atoms with Crippen LogP contribution in [-0.4, -0.2) is 11.0 Å². The van der Waals surface area contributed by atoms with Crippen LogP contribution >= 0.6 is 23.2 Å². The van der Waals surface area contributed by atoms with Crippen molar-refractivity contribution in [3.63, 3.8) is 0 Å². The SMILES string of the molecule is CC(C)CC(C)Nc1cc(Cl)c(Cl)cc1[N+](=O)[O-]. The number of hydrogen-bond acceptors (Lipinski definition) is 3. The van der Waals surface area contributed by atoms with Crippen LogP contribution in [0.2, 0.25) is 10.0 Å². The maximum atomic E-state index is 11.0. The monoisotopic (exact) mass is 290 g/mol. The molecule has 1 N–H and O–H groups in total. The van der Waals surface area contributed by atoms with Gasteiger partial charge in [-0.25, -0.2) is 0 Å². The molecule has 6 heteroatoms. The van der Waals surface area contributed by atoms with Crippen molar-refractivity contribution in [2.75, 3.05) is 5.32 Å². The molecular weight excluding hydrogens is 275 g/mol. The van der Waals surface area contributed by atoms with Gasteiger partial charge in [0.1, 0.15) is 5.69 Å². The molecular formula is C12H16Cl2N2O2. The van der Waals surface area contributed by atoms with Crippen LogP contribution in [-0.2, 0) is 0 Å². The minimum Gasteiger partial charge on any atom is -0.377 e. The van der Waals surface area contributed by atoms with Crippen molar-refractivity contribution in [2.45, 2.75) is 33.2 Å². The van der Waals surface area contributed by atoms with Crippen molar-refractivity contribution in [1.29, 1.82) is 0 Å². The van der Waals surface area contributed by atoms with E-state index in [2.05, 4.69) is 19.2 Å². The first-order chi connectivity index (χ1) is 8.31. The lowest BCUT2D eigenvalue weighted by Gasteiger charge is -2.17. The Bertz CT molecular complexity index is 450. The van der Waals surface area contributed by atoms with E-state index in [1.807, 2.05) is 6.92 Å². The quantitative estimate of drug-likeness (QED) is 0.629. The summed E-state index contributed by atoms with van der Waals surface area (Å²) in [6.45, 7) is 6.18. The van der Waals surface area contributed by atoms with Crippen molar-refractivity contribution < 1.29 is 4.92 Å². The van der Waals surface area contributed by atoms with E-state index in [0.717, 1.165) is 6.42 Å². The molecule has 0 aliphatic carbocycles. The molecule has 0 aliphatic heterocycles. The maximum absolute atomic E-state index is 11.0. The zero-order valence-corrected chi connectivity index (χ0v) is 12.0. The molecule has 0 amide bonds. The first-order valence-electron chi connectivity index (χ1n) is 5.71. The summed E-state index contributed by atoms with van der Waals surface area (Å²) in [6.07, 6.45) is 0.914. The summed E-state index contributed by atoms with van der Waals surface area (Å²) in [5, 5.41) is 14.6. The summed E-state index contributed by atoms with van der Waals surface area (Å²) in [5.41, 5.74) is 0.350. The average Bonchev–Trinajstić information content (AvgIpc) is 2.21. The molecule has 0 saturated carbocycles. The molecule has 18 heavy (non-hydrogen) atoms. The van der Waals surface area contributed by atoms with Crippen LogP contribution in [0.3, 0.4) is 0 Å². The van der Waals surface area contributed by atoms with Crippen molar-refractivity contribution >= 4 is 34.6 Å². The molecule has 0 spiro atoms. The Morgan fingerprint density at radius 2 is 1.83 bits per heavy atom. The smallest absolute Gasteiger partial charge is 0.293 e. The van der Waals surface area contributed by atoms with Crippen molar-refractivity contribution in [1.82, 2.24) is 0 Å². The number of benzene rings is 1. The summed E-state index contributed by atoms with van der Waals surface area (Å²) >= 11 is 11.7. The molecule has 0 saturated heterocycles. The molecule has 0 fully saturated rings. The third-order valence-corrected chi connectivity index (χ3v) is 3.18. The molecule has 100 valence electrons. The van der Waals surface area contributed by atoms with Gasteiger partial charge in [0.15, 0.2) is 0 Å².